The number of carbonyl (C=O) groups excluding carboxylic acids is 1. The Morgan fingerprint density at radius 2 is 2.19 bits per heavy atom. The van der Waals surface area contributed by atoms with E-state index in [1.165, 1.54) is 18.2 Å². The number of nitrogens with one attached hydrogen (secondary N) is 2. The van der Waals surface area contributed by atoms with Crippen molar-refractivity contribution >= 4 is 17.3 Å². The topological polar surface area (TPSA) is 110 Å². The van der Waals surface area contributed by atoms with E-state index in [0.717, 1.165) is 0 Å². The lowest BCUT2D eigenvalue weighted by atomic mass is 10.1. The zero-order valence-corrected chi connectivity index (χ0v) is 11.5. The van der Waals surface area contributed by atoms with E-state index < -0.39 is 10.8 Å². The fourth-order valence-corrected chi connectivity index (χ4v) is 1.80. The van der Waals surface area contributed by atoms with Crippen molar-refractivity contribution in [2.75, 3.05) is 12.4 Å². The lowest BCUT2D eigenvalue weighted by Crippen LogP contribution is -2.24. The van der Waals surface area contributed by atoms with Crippen molar-refractivity contribution in [3.8, 4) is 0 Å². The molecule has 0 fully saturated rings. The molecule has 2 aromatic rings. The van der Waals surface area contributed by atoms with Crippen LogP contribution in [0.1, 0.15) is 21.8 Å². The second-order valence-corrected chi connectivity index (χ2v) is 4.35. The number of anilines is 1. The zero-order valence-electron chi connectivity index (χ0n) is 11.5. The van der Waals surface area contributed by atoms with Crippen molar-refractivity contribution in [1.82, 2.24) is 10.5 Å². The van der Waals surface area contributed by atoms with E-state index in [-0.39, 0.29) is 17.8 Å². The lowest BCUT2D eigenvalue weighted by Gasteiger charge is -2.06. The number of hydrogen-bond acceptors (Lipinski definition) is 6. The summed E-state index contributed by atoms with van der Waals surface area (Å²) in [7, 11) is 1.67. The average Bonchev–Trinajstić information content (AvgIpc) is 2.89. The van der Waals surface area contributed by atoms with Crippen LogP contribution in [0.25, 0.3) is 0 Å². The van der Waals surface area contributed by atoms with E-state index >= 15 is 0 Å². The molecule has 0 aliphatic heterocycles. The lowest BCUT2D eigenvalue weighted by molar-refractivity contribution is -0.385. The maximum absolute atomic E-state index is 12.1. The summed E-state index contributed by atoms with van der Waals surface area (Å²) < 4.78 is 4.88. The number of benzene rings is 1. The standard InChI is InChI=1S/C13H14N4O4/c1-8-5-10(16-21-8)7-15-13(18)11-6-9(14-2)3-4-12(11)17(19)20/h3-6,14H,7H2,1-2H3,(H,15,18). The van der Waals surface area contributed by atoms with Crippen molar-refractivity contribution in [2.24, 2.45) is 0 Å². The predicted molar refractivity (Wildman–Crippen MR) is 75.1 cm³/mol. The van der Waals surface area contributed by atoms with Gasteiger partial charge in [0.15, 0.2) is 0 Å². The summed E-state index contributed by atoms with van der Waals surface area (Å²) in [5.41, 5.74) is 0.909. The molecule has 0 aliphatic rings. The van der Waals surface area contributed by atoms with E-state index in [0.29, 0.717) is 17.1 Å². The highest BCUT2D eigenvalue weighted by molar-refractivity contribution is 5.99. The summed E-state index contributed by atoms with van der Waals surface area (Å²) in [4.78, 5) is 22.5. The number of carbonyl (C=O) groups is 1. The second kappa shape index (κ2) is 6.04. The molecule has 0 saturated heterocycles. The van der Waals surface area contributed by atoms with E-state index in [4.69, 9.17) is 4.52 Å². The van der Waals surface area contributed by atoms with Crippen LogP contribution in [0.3, 0.4) is 0 Å². The third-order valence-electron chi connectivity index (χ3n) is 2.83. The van der Waals surface area contributed by atoms with Gasteiger partial charge in [0.25, 0.3) is 11.6 Å². The smallest absolute Gasteiger partial charge is 0.282 e. The maximum atomic E-state index is 12.1. The average molecular weight is 290 g/mol. The second-order valence-electron chi connectivity index (χ2n) is 4.35. The number of hydrogen-bond donors (Lipinski definition) is 2. The summed E-state index contributed by atoms with van der Waals surface area (Å²) in [6, 6.07) is 5.94. The Morgan fingerprint density at radius 1 is 1.43 bits per heavy atom. The summed E-state index contributed by atoms with van der Waals surface area (Å²) in [6.45, 7) is 1.87. The van der Waals surface area contributed by atoms with Gasteiger partial charge in [-0.05, 0) is 19.1 Å². The Morgan fingerprint density at radius 3 is 2.76 bits per heavy atom. The van der Waals surface area contributed by atoms with Crippen LogP contribution in [-0.4, -0.2) is 23.0 Å². The molecule has 1 heterocycles. The Balaban J connectivity index is 2.19. The van der Waals surface area contributed by atoms with Crippen LogP contribution < -0.4 is 10.6 Å². The van der Waals surface area contributed by atoms with E-state index in [1.54, 1.807) is 20.0 Å². The molecule has 21 heavy (non-hydrogen) atoms. The Hall–Kier alpha value is -2.90. The van der Waals surface area contributed by atoms with Gasteiger partial charge in [-0.3, -0.25) is 14.9 Å². The van der Waals surface area contributed by atoms with Gasteiger partial charge in [-0.25, -0.2) is 0 Å². The van der Waals surface area contributed by atoms with Crippen LogP contribution in [-0.2, 0) is 6.54 Å². The van der Waals surface area contributed by atoms with Crippen molar-refractivity contribution in [3.63, 3.8) is 0 Å². The molecule has 1 aromatic heterocycles. The quantitative estimate of drug-likeness (QED) is 0.642. The molecule has 0 atom stereocenters. The van der Waals surface area contributed by atoms with Gasteiger partial charge in [-0.2, -0.15) is 0 Å². The van der Waals surface area contributed by atoms with Crippen molar-refractivity contribution in [1.29, 1.82) is 0 Å². The normalized spacial score (nSPS) is 10.2. The third kappa shape index (κ3) is 3.35. The summed E-state index contributed by atoms with van der Waals surface area (Å²) in [5, 5.41) is 20.1. The molecule has 0 aliphatic carbocycles. The molecule has 1 amide bonds. The predicted octanol–water partition coefficient (Wildman–Crippen LogP) is 1.86. The zero-order chi connectivity index (χ0) is 15.4. The first-order chi connectivity index (χ1) is 10.0. The highest BCUT2D eigenvalue weighted by Crippen LogP contribution is 2.22. The Labute approximate surface area is 120 Å². The molecule has 0 bridgehead atoms. The molecule has 0 saturated carbocycles. The van der Waals surface area contributed by atoms with Crippen molar-refractivity contribution < 1.29 is 14.2 Å². The van der Waals surface area contributed by atoms with Crippen molar-refractivity contribution in [2.45, 2.75) is 13.5 Å². The molecule has 0 radical (unpaired) electrons. The third-order valence-corrected chi connectivity index (χ3v) is 2.83. The van der Waals surface area contributed by atoms with Crippen LogP contribution >= 0.6 is 0 Å². The molecule has 2 rings (SSSR count). The first kappa shape index (κ1) is 14.5. The van der Waals surface area contributed by atoms with Crippen LogP contribution in [0.15, 0.2) is 28.8 Å². The van der Waals surface area contributed by atoms with Gasteiger partial charge in [0.05, 0.1) is 11.5 Å². The van der Waals surface area contributed by atoms with Crippen LogP contribution in [0.2, 0.25) is 0 Å². The Bertz CT molecular complexity index is 681. The van der Waals surface area contributed by atoms with Gasteiger partial charge in [-0.15, -0.1) is 0 Å². The molecular weight excluding hydrogens is 276 g/mol. The molecule has 110 valence electrons. The molecule has 0 unspecified atom stereocenters. The van der Waals surface area contributed by atoms with Gasteiger partial charge in [0.1, 0.15) is 17.0 Å². The fourth-order valence-electron chi connectivity index (χ4n) is 1.80. The summed E-state index contributed by atoms with van der Waals surface area (Å²) in [5.74, 6) is 0.0851. The number of aromatic nitrogens is 1. The van der Waals surface area contributed by atoms with Crippen LogP contribution in [0, 0.1) is 17.0 Å². The summed E-state index contributed by atoms with van der Waals surface area (Å²) in [6.07, 6.45) is 0. The number of nitrogens with zero attached hydrogens (tertiary/aromatic N) is 2. The monoisotopic (exact) mass is 290 g/mol. The number of nitro groups is 1. The fraction of sp³-hybridized carbons (Fsp3) is 0.231. The SMILES string of the molecule is CNc1ccc([N+](=O)[O-])c(C(=O)NCc2cc(C)on2)c1. The van der Waals surface area contributed by atoms with E-state index in [2.05, 4.69) is 15.8 Å². The van der Waals surface area contributed by atoms with Crippen molar-refractivity contribution in [3.05, 3.63) is 51.4 Å². The maximum Gasteiger partial charge on any atom is 0.282 e. The van der Waals surface area contributed by atoms with Gasteiger partial charge in [-0.1, -0.05) is 5.16 Å². The van der Waals surface area contributed by atoms with Crippen LogP contribution in [0.5, 0.6) is 0 Å². The molecule has 2 N–H and O–H groups in total. The minimum atomic E-state index is -0.589. The number of amides is 1. The number of nitro benzene ring substituents is 1. The molecular formula is C13H14N4O4. The van der Waals surface area contributed by atoms with E-state index in [9.17, 15) is 14.9 Å². The molecule has 0 spiro atoms. The number of rotatable bonds is 5. The highest BCUT2D eigenvalue weighted by atomic mass is 16.6. The first-order valence-electron chi connectivity index (χ1n) is 6.18. The highest BCUT2D eigenvalue weighted by Gasteiger charge is 2.20. The number of aryl methyl sites for hydroxylation is 1. The first-order valence-corrected chi connectivity index (χ1v) is 6.18. The van der Waals surface area contributed by atoms with Gasteiger partial charge in [0.2, 0.25) is 0 Å². The minimum Gasteiger partial charge on any atom is -0.388 e. The summed E-state index contributed by atoms with van der Waals surface area (Å²) >= 11 is 0. The van der Waals surface area contributed by atoms with Gasteiger partial charge >= 0.3 is 0 Å². The van der Waals surface area contributed by atoms with Gasteiger partial charge < -0.3 is 15.2 Å². The minimum absolute atomic E-state index is 0.00735. The largest absolute Gasteiger partial charge is 0.388 e. The van der Waals surface area contributed by atoms with Crippen LogP contribution in [0.4, 0.5) is 11.4 Å². The van der Waals surface area contributed by atoms with E-state index in [1.807, 2.05) is 0 Å². The molecule has 8 heteroatoms. The van der Waals surface area contributed by atoms with Gasteiger partial charge in [0, 0.05) is 24.9 Å². The molecule has 8 nitrogen and oxygen atoms in total. The molecule has 1 aromatic carbocycles. The Kier molecular flexibility index (Phi) is 4.17.